The lowest BCUT2D eigenvalue weighted by Crippen LogP contribution is -2.31. The molecule has 0 radical (unpaired) electrons. The number of likely N-dealkylation sites (N-methyl/N-ethyl adjacent to an activating group) is 1. The molecule has 1 aromatic rings. The molecule has 1 atom stereocenters. The van der Waals surface area contributed by atoms with Gasteiger partial charge in [-0.3, -0.25) is 4.79 Å². The van der Waals surface area contributed by atoms with Crippen LogP contribution in [0.2, 0.25) is 0 Å². The van der Waals surface area contributed by atoms with Gasteiger partial charge in [0.1, 0.15) is 0 Å². The molecule has 0 saturated carbocycles. The first kappa shape index (κ1) is 15.4. The van der Waals surface area contributed by atoms with Gasteiger partial charge in [-0.2, -0.15) is 0 Å². The highest BCUT2D eigenvalue weighted by atomic mass is 16.4. The van der Waals surface area contributed by atoms with Crippen molar-refractivity contribution in [2.24, 2.45) is 0 Å². The van der Waals surface area contributed by atoms with Gasteiger partial charge in [-0.05, 0) is 26.8 Å². The first-order valence-electron chi connectivity index (χ1n) is 6.63. The van der Waals surface area contributed by atoms with Gasteiger partial charge in [0.05, 0.1) is 12.6 Å². The minimum absolute atomic E-state index is 0.0111. The summed E-state index contributed by atoms with van der Waals surface area (Å²) in [6.07, 6.45) is 1.04. The van der Waals surface area contributed by atoms with Crippen LogP contribution in [0.4, 0.5) is 6.01 Å². The Labute approximate surface area is 113 Å². The van der Waals surface area contributed by atoms with Crippen molar-refractivity contribution in [1.29, 1.82) is 0 Å². The van der Waals surface area contributed by atoms with Gasteiger partial charge >= 0.3 is 6.01 Å². The molecule has 0 aliphatic carbocycles. The fraction of sp³-hybridized carbons (Fsp3) is 0.750. The molecule has 1 heterocycles. The van der Waals surface area contributed by atoms with Gasteiger partial charge < -0.3 is 20.0 Å². The third kappa shape index (κ3) is 4.86. The molecule has 0 saturated heterocycles. The van der Waals surface area contributed by atoms with E-state index in [1.54, 1.807) is 11.9 Å². The van der Waals surface area contributed by atoms with E-state index in [2.05, 4.69) is 27.8 Å². The second-order valence-electron chi connectivity index (χ2n) is 4.38. The van der Waals surface area contributed by atoms with Crippen molar-refractivity contribution in [3.63, 3.8) is 0 Å². The van der Waals surface area contributed by atoms with E-state index in [1.165, 1.54) is 0 Å². The molecule has 1 amide bonds. The number of amides is 1. The Morgan fingerprint density at radius 1 is 1.42 bits per heavy atom. The van der Waals surface area contributed by atoms with Crippen LogP contribution >= 0.6 is 0 Å². The van der Waals surface area contributed by atoms with Crippen molar-refractivity contribution in [2.45, 2.75) is 33.2 Å². The molecule has 1 unspecified atom stereocenters. The van der Waals surface area contributed by atoms with Crippen molar-refractivity contribution in [1.82, 2.24) is 20.4 Å². The molecule has 19 heavy (non-hydrogen) atoms. The molecule has 7 nitrogen and oxygen atoms in total. The van der Waals surface area contributed by atoms with E-state index in [1.807, 2.05) is 13.8 Å². The van der Waals surface area contributed by atoms with E-state index in [-0.39, 0.29) is 24.5 Å². The predicted octanol–water partition coefficient (Wildman–Crippen LogP) is 1.02. The zero-order valence-electron chi connectivity index (χ0n) is 12.1. The number of hydrogen-bond acceptors (Lipinski definition) is 6. The van der Waals surface area contributed by atoms with Gasteiger partial charge in [-0.15, -0.1) is 5.10 Å². The molecule has 7 heteroatoms. The van der Waals surface area contributed by atoms with Crippen LogP contribution in [0.3, 0.4) is 0 Å². The highest BCUT2D eigenvalue weighted by Gasteiger charge is 2.14. The van der Waals surface area contributed by atoms with Crippen LogP contribution in [0, 0.1) is 0 Å². The Hall–Kier alpha value is -1.63. The van der Waals surface area contributed by atoms with Crippen LogP contribution in [-0.4, -0.2) is 47.7 Å². The van der Waals surface area contributed by atoms with Gasteiger partial charge in [0.2, 0.25) is 11.8 Å². The van der Waals surface area contributed by atoms with E-state index in [4.69, 9.17) is 4.42 Å². The fourth-order valence-electron chi connectivity index (χ4n) is 1.39. The molecule has 108 valence electrons. The van der Waals surface area contributed by atoms with Crippen molar-refractivity contribution < 1.29 is 9.21 Å². The molecule has 2 N–H and O–H groups in total. The minimum Gasteiger partial charge on any atom is -0.406 e. The van der Waals surface area contributed by atoms with Gasteiger partial charge in [-0.1, -0.05) is 12.0 Å². The third-order valence-electron chi connectivity index (χ3n) is 2.80. The van der Waals surface area contributed by atoms with E-state index in [0.29, 0.717) is 12.4 Å². The summed E-state index contributed by atoms with van der Waals surface area (Å²) in [6.45, 7) is 7.70. The zero-order chi connectivity index (χ0) is 14.3. The minimum atomic E-state index is -0.0144. The standard InChI is InChI=1S/C12H23N5O2/c1-5-7-13-9(3)11-15-16-12(19-11)14-8-10(18)17(4)6-2/h9,13H,5-8H2,1-4H3,(H,14,16). The second kappa shape index (κ2) is 7.73. The number of rotatable bonds is 8. The Bertz CT molecular complexity index is 393. The lowest BCUT2D eigenvalue weighted by Gasteiger charge is -2.13. The number of anilines is 1. The molecular weight excluding hydrogens is 246 g/mol. The Morgan fingerprint density at radius 2 is 2.16 bits per heavy atom. The summed E-state index contributed by atoms with van der Waals surface area (Å²) in [5, 5.41) is 13.9. The molecule has 0 fully saturated rings. The normalized spacial score (nSPS) is 12.2. The van der Waals surface area contributed by atoms with Gasteiger partial charge in [-0.25, -0.2) is 0 Å². The van der Waals surface area contributed by atoms with Gasteiger partial charge in [0.15, 0.2) is 0 Å². The summed E-state index contributed by atoms with van der Waals surface area (Å²) in [5.41, 5.74) is 0. The summed E-state index contributed by atoms with van der Waals surface area (Å²) >= 11 is 0. The molecule has 0 spiro atoms. The van der Waals surface area contributed by atoms with Crippen LogP contribution in [0.25, 0.3) is 0 Å². The molecule has 0 aliphatic heterocycles. The average molecular weight is 269 g/mol. The van der Waals surface area contributed by atoms with E-state index in [0.717, 1.165) is 13.0 Å². The van der Waals surface area contributed by atoms with Crippen LogP contribution in [0.5, 0.6) is 0 Å². The molecule has 1 rings (SSSR count). The maximum atomic E-state index is 11.6. The molecular formula is C12H23N5O2. The van der Waals surface area contributed by atoms with E-state index in [9.17, 15) is 4.79 Å². The van der Waals surface area contributed by atoms with Crippen molar-refractivity contribution in [2.75, 3.05) is 32.0 Å². The smallest absolute Gasteiger partial charge is 0.315 e. The quantitative estimate of drug-likeness (QED) is 0.733. The summed E-state index contributed by atoms with van der Waals surface area (Å²) < 4.78 is 5.44. The highest BCUT2D eigenvalue weighted by molar-refractivity contribution is 5.79. The van der Waals surface area contributed by atoms with Crippen LogP contribution in [-0.2, 0) is 4.79 Å². The summed E-state index contributed by atoms with van der Waals surface area (Å²) in [6, 6.07) is 0.287. The van der Waals surface area contributed by atoms with Crippen molar-refractivity contribution >= 4 is 11.9 Å². The molecule has 0 bridgehead atoms. The van der Waals surface area contributed by atoms with Crippen LogP contribution in [0.15, 0.2) is 4.42 Å². The monoisotopic (exact) mass is 269 g/mol. The first-order chi connectivity index (χ1) is 9.08. The van der Waals surface area contributed by atoms with Crippen molar-refractivity contribution in [3.8, 4) is 0 Å². The second-order valence-corrected chi connectivity index (χ2v) is 4.38. The Kier molecular flexibility index (Phi) is 6.27. The maximum absolute atomic E-state index is 11.6. The number of carbonyl (C=O) groups is 1. The molecule has 0 aromatic carbocycles. The number of nitrogens with one attached hydrogen (secondary N) is 2. The third-order valence-corrected chi connectivity index (χ3v) is 2.80. The predicted molar refractivity (Wildman–Crippen MR) is 72.8 cm³/mol. The number of nitrogens with zero attached hydrogens (tertiary/aromatic N) is 3. The van der Waals surface area contributed by atoms with Gasteiger partial charge in [0, 0.05) is 13.6 Å². The zero-order valence-corrected chi connectivity index (χ0v) is 12.1. The van der Waals surface area contributed by atoms with Gasteiger partial charge in [0.25, 0.3) is 0 Å². The van der Waals surface area contributed by atoms with Crippen LogP contribution < -0.4 is 10.6 Å². The van der Waals surface area contributed by atoms with E-state index >= 15 is 0 Å². The largest absolute Gasteiger partial charge is 0.406 e. The molecule has 0 aliphatic rings. The fourth-order valence-corrected chi connectivity index (χ4v) is 1.39. The summed E-state index contributed by atoms with van der Waals surface area (Å²) in [4.78, 5) is 13.2. The highest BCUT2D eigenvalue weighted by Crippen LogP contribution is 2.13. The number of hydrogen-bond donors (Lipinski definition) is 2. The number of aromatic nitrogens is 2. The molecule has 1 aromatic heterocycles. The average Bonchev–Trinajstić information content (AvgIpc) is 2.90. The Morgan fingerprint density at radius 3 is 2.79 bits per heavy atom. The van der Waals surface area contributed by atoms with Crippen LogP contribution in [0.1, 0.15) is 39.1 Å². The Balaban J connectivity index is 2.44. The summed E-state index contributed by atoms with van der Waals surface area (Å²) in [5.74, 6) is 0.506. The topological polar surface area (TPSA) is 83.3 Å². The SMILES string of the molecule is CCCNC(C)c1nnc(NCC(=O)N(C)CC)o1. The van der Waals surface area contributed by atoms with Crippen molar-refractivity contribution in [3.05, 3.63) is 5.89 Å². The number of carbonyl (C=O) groups excluding carboxylic acids is 1. The van der Waals surface area contributed by atoms with E-state index < -0.39 is 0 Å². The lowest BCUT2D eigenvalue weighted by atomic mass is 10.3. The maximum Gasteiger partial charge on any atom is 0.315 e. The first-order valence-corrected chi connectivity index (χ1v) is 6.63. The lowest BCUT2D eigenvalue weighted by molar-refractivity contribution is -0.127. The summed E-state index contributed by atoms with van der Waals surface area (Å²) in [7, 11) is 1.75.